The first-order valence-corrected chi connectivity index (χ1v) is 10.8. The zero-order chi connectivity index (χ0) is 20.3. The van der Waals surface area contributed by atoms with E-state index in [4.69, 9.17) is 0 Å². The number of amides is 1. The Morgan fingerprint density at radius 2 is 1.90 bits per heavy atom. The maximum Gasteiger partial charge on any atom is 0.243 e. The fourth-order valence-corrected chi connectivity index (χ4v) is 5.09. The molecular weight excluding hydrogens is 390 g/mol. The van der Waals surface area contributed by atoms with E-state index in [1.54, 1.807) is 65.6 Å². The number of benzene rings is 1. The fourth-order valence-electron chi connectivity index (χ4n) is 3.41. The number of hydrogen-bond acceptors (Lipinski definition) is 5. The summed E-state index contributed by atoms with van der Waals surface area (Å²) in [6.07, 6.45) is 6.98. The molecule has 1 atom stereocenters. The largest absolute Gasteiger partial charge is 0.323 e. The molecular formula is C20H21N5O3S. The number of anilines is 1. The van der Waals surface area contributed by atoms with Crippen LogP contribution in [-0.2, 0) is 14.8 Å². The highest BCUT2D eigenvalue weighted by atomic mass is 32.2. The van der Waals surface area contributed by atoms with Gasteiger partial charge < -0.3 is 5.32 Å². The molecule has 1 N–H and O–H groups in total. The van der Waals surface area contributed by atoms with Crippen LogP contribution in [0.25, 0.3) is 5.82 Å². The zero-order valence-electron chi connectivity index (χ0n) is 15.7. The van der Waals surface area contributed by atoms with Gasteiger partial charge >= 0.3 is 0 Å². The first-order chi connectivity index (χ1) is 14.1. The van der Waals surface area contributed by atoms with Crippen molar-refractivity contribution in [1.82, 2.24) is 19.1 Å². The number of nitrogens with zero attached hydrogens (tertiary/aromatic N) is 4. The highest BCUT2D eigenvalue weighted by Crippen LogP contribution is 2.26. The number of pyridine rings is 1. The standard InChI is InChI=1S/C20H21N5O3S/c26-20(23-16-10-11-19(21-15-16)24-13-6-12-22-24)18-9-4-5-14-25(18)29(27,28)17-7-2-1-3-8-17/h1-3,6-8,10-13,15,18H,4-5,9,14H2,(H,23,26). The van der Waals surface area contributed by atoms with Crippen molar-refractivity contribution in [2.45, 2.75) is 30.2 Å². The van der Waals surface area contributed by atoms with E-state index >= 15 is 0 Å². The van der Waals surface area contributed by atoms with Gasteiger partial charge in [-0.1, -0.05) is 24.6 Å². The topological polar surface area (TPSA) is 97.2 Å². The van der Waals surface area contributed by atoms with Gasteiger partial charge in [0.25, 0.3) is 0 Å². The Hall–Kier alpha value is -3.04. The summed E-state index contributed by atoms with van der Waals surface area (Å²) in [5.74, 6) is 0.275. The van der Waals surface area contributed by atoms with Crippen molar-refractivity contribution in [3.63, 3.8) is 0 Å². The zero-order valence-corrected chi connectivity index (χ0v) is 16.5. The normalized spacial score (nSPS) is 17.7. The molecule has 1 amide bonds. The highest BCUT2D eigenvalue weighted by molar-refractivity contribution is 7.89. The average molecular weight is 411 g/mol. The maximum absolute atomic E-state index is 13.1. The molecule has 1 aliphatic rings. The second-order valence-corrected chi connectivity index (χ2v) is 8.68. The van der Waals surface area contributed by atoms with E-state index in [-0.39, 0.29) is 10.8 Å². The molecule has 0 radical (unpaired) electrons. The van der Waals surface area contributed by atoms with Gasteiger partial charge in [-0.2, -0.15) is 9.40 Å². The molecule has 2 aromatic heterocycles. The summed E-state index contributed by atoms with van der Waals surface area (Å²) in [5.41, 5.74) is 0.508. The number of nitrogens with one attached hydrogen (secondary N) is 1. The Bertz CT molecular complexity index is 1070. The molecule has 9 heteroatoms. The minimum Gasteiger partial charge on any atom is -0.323 e. The summed E-state index contributed by atoms with van der Waals surface area (Å²) in [6, 6.07) is 12.7. The lowest BCUT2D eigenvalue weighted by Crippen LogP contribution is -2.49. The number of carbonyl (C=O) groups is 1. The number of piperidine rings is 1. The van der Waals surface area contributed by atoms with Gasteiger partial charge in [-0.3, -0.25) is 4.79 Å². The molecule has 0 spiro atoms. The van der Waals surface area contributed by atoms with Gasteiger partial charge in [-0.25, -0.2) is 18.1 Å². The monoisotopic (exact) mass is 411 g/mol. The van der Waals surface area contributed by atoms with Crippen LogP contribution < -0.4 is 5.32 Å². The summed E-state index contributed by atoms with van der Waals surface area (Å²) in [5, 5.41) is 6.91. The first-order valence-electron chi connectivity index (χ1n) is 9.39. The van der Waals surface area contributed by atoms with Crippen LogP contribution in [0.15, 0.2) is 72.0 Å². The Morgan fingerprint density at radius 1 is 1.07 bits per heavy atom. The molecule has 3 heterocycles. The Kier molecular flexibility index (Phi) is 5.41. The molecule has 1 fully saturated rings. The molecule has 1 unspecified atom stereocenters. The van der Waals surface area contributed by atoms with E-state index < -0.39 is 16.1 Å². The van der Waals surface area contributed by atoms with Crippen LogP contribution in [0.5, 0.6) is 0 Å². The van der Waals surface area contributed by atoms with E-state index in [9.17, 15) is 13.2 Å². The average Bonchev–Trinajstić information content (AvgIpc) is 3.30. The summed E-state index contributed by atoms with van der Waals surface area (Å²) in [6.45, 7) is 0.325. The van der Waals surface area contributed by atoms with Crippen molar-refractivity contribution in [3.05, 3.63) is 67.1 Å². The van der Waals surface area contributed by atoms with Crippen LogP contribution in [0.1, 0.15) is 19.3 Å². The second kappa shape index (κ2) is 8.14. The predicted octanol–water partition coefficient (Wildman–Crippen LogP) is 2.45. The summed E-state index contributed by atoms with van der Waals surface area (Å²) >= 11 is 0. The highest BCUT2D eigenvalue weighted by Gasteiger charge is 2.37. The van der Waals surface area contributed by atoms with Crippen LogP contribution in [-0.4, -0.2) is 46.0 Å². The van der Waals surface area contributed by atoms with Crippen LogP contribution in [0.3, 0.4) is 0 Å². The van der Waals surface area contributed by atoms with Crippen LogP contribution in [0.2, 0.25) is 0 Å². The second-order valence-electron chi connectivity index (χ2n) is 6.79. The lowest BCUT2D eigenvalue weighted by Gasteiger charge is -2.33. The van der Waals surface area contributed by atoms with Crippen molar-refractivity contribution in [2.75, 3.05) is 11.9 Å². The molecule has 0 bridgehead atoms. The predicted molar refractivity (Wildman–Crippen MR) is 108 cm³/mol. The molecule has 1 saturated heterocycles. The molecule has 29 heavy (non-hydrogen) atoms. The minimum atomic E-state index is -3.74. The van der Waals surface area contributed by atoms with Gasteiger partial charge in [0.2, 0.25) is 15.9 Å². The number of carbonyl (C=O) groups excluding carboxylic acids is 1. The molecule has 4 rings (SSSR count). The molecule has 1 aromatic carbocycles. The molecule has 0 saturated carbocycles. The van der Waals surface area contributed by atoms with E-state index in [1.807, 2.05) is 0 Å². The Morgan fingerprint density at radius 3 is 2.59 bits per heavy atom. The quantitative estimate of drug-likeness (QED) is 0.696. The van der Waals surface area contributed by atoms with Crippen LogP contribution >= 0.6 is 0 Å². The minimum absolute atomic E-state index is 0.199. The third kappa shape index (κ3) is 4.06. The van der Waals surface area contributed by atoms with Gasteiger partial charge in [-0.05, 0) is 43.2 Å². The van der Waals surface area contributed by atoms with E-state index in [1.165, 1.54) is 10.5 Å². The van der Waals surface area contributed by atoms with Gasteiger partial charge in [0, 0.05) is 18.9 Å². The summed E-state index contributed by atoms with van der Waals surface area (Å²) in [7, 11) is -3.74. The van der Waals surface area contributed by atoms with Crippen molar-refractivity contribution >= 4 is 21.6 Å². The van der Waals surface area contributed by atoms with Gasteiger partial charge in [0.15, 0.2) is 5.82 Å². The summed E-state index contributed by atoms with van der Waals surface area (Å²) in [4.78, 5) is 17.4. The van der Waals surface area contributed by atoms with Crippen molar-refractivity contribution < 1.29 is 13.2 Å². The fraction of sp³-hybridized carbons (Fsp3) is 0.250. The third-order valence-electron chi connectivity index (χ3n) is 4.86. The van der Waals surface area contributed by atoms with Crippen molar-refractivity contribution in [2.24, 2.45) is 0 Å². The summed E-state index contributed by atoms with van der Waals surface area (Å²) < 4.78 is 29.0. The van der Waals surface area contributed by atoms with Crippen molar-refractivity contribution in [1.29, 1.82) is 0 Å². The number of hydrogen-bond donors (Lipinski definition) is 1. The van der Waals surface area contributed by atoms with Crippen molar-refractivity contribution in [3.8, 4) is 5.82 Å². The van der Waals surface area contributed by atoms with Crippen LogP contribution in [0.4, 0.5) is 5.69 Å². The molecule has 0 aliphatic carbocycles. The molecule has 8 nitrogen and oxygen atoms in total. The smallest absolute Gasteiger partial charge is 0.243 e. The van der Waals surface area contributed by atoms with E-state index in [0.29, 0.717) is 24.5 Å². The molecule has 1 aliphatic heterocycles. The maximum atomic E-state index is 13.1. The number of sulfonamides is 1. The SMILES string of the molecule is O=C(Nc1ccc(-n2cccn2)nc1)C1CCCCN1S(=O)(=O)c1ccccc1. The Labute approximate surface area is 169 Å². The van der Waals surface area contributed by atoms with Gasteiger partial charge in [0.05, 0.1) is 16.8 Å². The van der Waals surface area contributed by atoms with E-state index in [2.05, 4.69) is 15.4 Å². The molecule has 150 valence electrons. The van der Waals surface area contributed by atoms with E-state index in [0.717, 1.165) is 12.8 Å². The lowest BCUT2D eigenvalue weighted by molar-refractivity contribution is -0.120. The van der Waals surface area contributed by atoms with Gasteiger partial charge in [0.1, 0.15) is 6.04 Å². The first kappa shape index (κ1) is 19.3. The van der Waals surface area contributed by atoms with Crippen LogP contribution in [0, 0.1) is 0 Å². The third-order valence-corrected chi connectivity index (χ3v) is 6.78. The van der Waals surface area contributed by atoms with Gasteiger partial charge in [-0.15, -0.1) is 0 Å². The number of rotatable bonds is 5. The molecule has 3 aromatic rings. The Balaban J connectivity index is 1.52. The number of aromatic nitrogens is 3. The lowest BCUT2D eigenvalue weighted by atomic mass is 10.0.